The molecule has 1 amide bonds. The number of benzene rings is 1. The molecule has 0 radical (unpaired) electrons. The molecule has 2 saturated heterocycles. The van der Waals surface area contributed by atoms with Crippen molar-refractivity contribution in [1.29, 1.82) is 5.26 Å². The molecular weight excluding hydrogens is 435 g/mol. The van der Waals surface area contributed by atoms with E-state index in [0.29, 0.717) is 31.5 Å². The zero-order chi connectivity index (χ0) is 24.3. The molecule has 2 fully saturated rings. The fraction of sp³-hybridized carbons (Fsp3) is 0.609. The van der Waals surface area contributed by atoms with Crippen LogP contribution in [0.4, 0.5) is 13.2 Å². The number of nitriles is 1. The lowest BCUT2D eigenvalue weighted by atomic mass is 10.0. The summed E-state index contributed by atoms with van der Waals surface area (Å²) in [7, 11) is 0. The number of hydrogen-bond donors (Lipinski definition) is 2. The zero-order valence-electron chi connectivity index (χ0n) is 18.8. The average molecular weight is 466 g/mol. The summed E-state index contributed by atoms with van der Waals surface area (Å²) in [6.45, 7) is 4.85. The van der Waals surface area contributed by atoms with Crippen LogP contribution in [-0.4, -0.2) is 65.8 Å². The normalized spacial score (nSPS) is 27.8. The van der Waals surface area contributed by atoms with E-state index < -0.39 is 29.9 Å². The van der Waals surface area contributed by atoms with Crippen molar-refractivity contribution in [3.05, 3.63) is 35.4 Å². The van der Waals surface area contributed by atoms with Gasteiger partial charge < -0.3 is 20.7 Å². The van der Waals surface area contributed by atoms with Crippen LogP contribution in [0.25, 0.3) is 0 Å². The van der Waals surface area contributed by atoms with Gasteiger partial charge in [0.2, 0.25) is 5.91 Å². The van der Waals surface area contributed by atoms with Crippen LogP contribution in [0.15, 0.2) is 24.3 Å². The lowest BCUT2D eigenvalue weighted by Crippen LogP contribution is -2.52. The zero-order valence-corrected chi connectivity index (χ0v) is 18.8. The number of halogens is 3. The predicted molar refractivity (Wildman–Crippen MR) is 116 cm³/mol. The minimum Gasteiger partial charge on any atom is -0.325 e. The number of carbonyl (C=O) groups excluding carboxylic acids is 2. The second-order valence-corrected chi connectivity index (χ2v) is 9.18. The van der Waals surface area contributed by atoms with Crippen molar-refractivity contribution in [3.8, 4) is 6.07 Å². The number of nitrogens with zero attached hydrogens (tertiary/aromatic N) is 3. The third-order valence-electron chi connectivity index (χ3n) is 6.50. The van der Waals surface area contributed by atoms with Crippen LogP contribution in [0.5, 0.6) is 0 Å². The molecule has 5 unspecified atom stereocenters. The van der Waals surface area contributed by atoms with E-state index in [2.05, 4.69) is 11.4 Å². The molecule has 0 bridgehead atoms. The molecule has 2 aliphatic rings. The van der Waals surface area contributed by atoms with E-state index >= 15 is 0 Å². The largest absolute Gasteiger partial charge is 0.416 e. The first-order valence-electron chi connectivity index (χ1n) is 11.1. The van der Waals surface area contributed by atoms with Gasteiger partial charge in [0, 0.05) is 31.7 Å². The molecule has 0 aliphatic carbocycles. The Hall–Kier alpha value is -2.48. The fourth-order valence-corrected chi connectivity index (χ4v) is 4.80. The van der Waals surface area contributed by atoms with Crippen LogP contribution in [0.1, 0.15) is 43.9 Å². The molecule has 10 heteroatoms. The van der Waals surface area contributed by atoms with Gasteiger partial charge in [-0.15, -0.1) is 0 Å². The average Bonchev–Trinajstić information content (AvgIpc) is 3.34. The Morgan fingerprint density at radius 1 is 1.36 bits per heavy atom. The second kappa shape index (κ2) is 10.2. The Morgan fingerprint density at radius 3 is 2.73 bits per heavy atom. The quantitative estimate of drug-likeness (QED) is 0.598. The van der Waals surface area contributed by atoms with Crippen molar-refractivity contribution in [1.82, 2.24) is 15.1 Å². The topological polar surface area (TPSA) is 102 Å². The van der Waals surface area contributed by atoms with Gasteiger partial charge in [-0.25, -0.2) is 0 Å². The monoisotopic (exact) mass is 465 g/mol. The third-order valence-corrected chi connectivity index (χ3v) is 6.50. The van der Waals surface area contributed by atoms with Gasteiger partial charge in [-0.2, -0.15) is 18.4 Å². The van der Waals surface area contributed by atoms with E-state index in [4.69, 9.17) is 5.73 Å². The Labute approximate surface area is 191 Å². The molecule has 0 aromatic heterocycles. The number of aldehydes is 1. The number of amides is 1. The Bertz CT molecular complexity index is 903. The molecule has 1 aromatic carbocycles. The molecule has 3 N–H and O–H groups in total. The predicted octanol–water partition coefficient (Wildman–Crippen LogP) is 2.09. The first kappa shape index (κ1) is 25.1. The van der Waals surface area contributed by atoms with Gasteiger partial charge in [-0.05, 0) is 43.4 Å². The van der Waals surface area contributed by atoms with Crippen molar-refractivity contribution in [2.75, 3.05) is 19.6 Å². The summed E-state index contributed by atoms with van der Waals surface area (Å²) in [4.78, 5) is 27.8. The molecular formula is C23H30F3N5O2. The van der Waals surface area contributed by atoms with Crippen LogP contribution in [0.2, 0.25) is 0 Å². The van der Waals surface area contributed by atoms with E-state index in [1.165, 1.54) is 11.0 Å². The van der Waals surface area contributed by atoms with Gasteiger partial charge in [0.05, 0.1) is 23.7 Å². The number of carbonyl (C=O) groups is 2. The van der Waals surface area contributed by atoms with Gasteiger partial charge >= 0.3 is 6.18 Å². The minimum absolute atomic E-state index is 0.147. The molecule has 3 rings (SSSR count). The maximum Gasteiger partial charge on any atom is 0.416 e. The third kappa shape index (κ3) is 5.91. The Morgan fingerprint density at radius 2 is 2.09 bits per heavy atom. The molecule has 0 spiro atoms. The molecule has 180 valence electrons. The van der Waals surface area contributed by atoms with Crippen molar-refractivity contribution >= 4 is 12.2 Å². The molecule has 6 atom stereocenters. The Kier molecular flexibility index (Phi) is 7.77. The lowest BCUT2D eigenvalue weighted by molar-refractivity contribution is -0.137. The van der Waals surface area contributed by atoms with Crippen LogP contribution >= 0.6 is 0 Å². The van der Waals surface area contributed by atoms with Gasteiger partial charge in [-0.3, -0.25) is 9.69 Å². The Balaban J connectivity index is 1.61. The first-order valence-corrected chi connectivity index (χ1v) is 11.1. The number of nitrogens with one attached hydrogen (secondary N) is 1. The van der Waals surface area contributed by atoms with Gasteiger partial charge in [0.25, 0.3) is 0 Å². The van der Waals surface area contributed by atoms with E-state index in [-0.39, 0.29) is 30.5 Å². The molecule has 2 aliphatic heterocycles. The number of nitrogens with two attached hydrogens (primary N) is 1. The van der Waals surface area contributed by atoms with E-state index in [9.17, 15) is 28.0 Å². The second-order valence-electron chi connectivity index (χ2n) is 9.18. The van der Waals surface area contributed by atoms with Crippen LogP contribution in [-0.2, 0) is 15.8 Å². The van der Waals surface area contributed by atoms with Crippen molar-refractivity contribution in [3.63, 3.8) is 0 Å². The smallest absolute Gasteiger partial charge is 0.325 e. The van der Waals surface area contributed by atoms with Gasteiger partial charge in [-0.1, -0.05) is 19.1 Å². The summed E-state index contributed by atoms with van der Waals surface area (Å²) in [6.07, 6.45) is -2.52. The fourth-order valence-electron chi connectivity index (χ4n) is 4.80. The highest BCUT2D eigenvalue weighted by Gasteiger charge is 2.39. The van der Waals surface area contributed by atoms with Gasteiger partial charge in [0.1, 0.15) is 12.3 Å². The maximum atomic E-state index is 13.0. The standard InChI is InChI=1S/C23H30F3N5O2/c1-14-6-19(9-27)31(10-14)22(33)21(28)12-30-11-18(8-20(30)13-32)29-15(2)16-4-3-5-17(7-16)23(24,25)26/h3-5,7,13-15,18-21,29H,6,8,10-12,28H2,1-2H3/t14?,15-,18?,19?,20?,21?/m0/s1. The van der Waals surface area contributed by atoms with Gasteiger partial charge in [0.15, 0.2) is 0 Å². The van der Waals surface area contributed by atoms with Crippen LogP contribution < -0.4 is 11.1 Å². The van der Waals surface area contributed by atoms with E-state index in [1.807, 2.05) is 11.8 Å². The highest BCUT2D eigenvalue weighted by Crippen LogP contribution is 2.31. The minimum atomic E-state index is -4.41. The summed E-state index contributed by atoms with van der Waals surface area (Å²) in [5, 5.41) is 12.6. The maximum absolute atomic E-state index is 13.0. The molecule has 2 heterocycles. The number of alkyl halides is 3. The summed E-state index contributed by atoms with van der Waals surface area (Å²) < 4.78 is 39.1. The SMILES string of the molecule is CC1CC(C#N)N(C(=O)C(N)CN2CC(N[C@@H](C)c3cccc(C(F)(F)F)c3)CC2C=O)C1. The summed E-state index contributed by atoms with van der Waals surface area (Å²) >= 11 is 0. The van der Waals surface area contributed by atoms with Crippen molar-refractivity contribution in [2.45, 2.75) is 63.1 Å². The number of rotatable bonds is 7. The van der Waals surface area contributed by atoms with Crippen LogP contribution in [0, 0.1) is 17.2 Å². The number of hydrogen-bond acceptors (Lipinski definition) is 6. The first-order chi connectivity index (χ1) is 15.5. The highest BCUT2D eigenvalue weighted by molar-refractivity contribution is 5.83. The summed E-state index contributed by atoms with van der Waals surface area (Å²) in [5.41, 5.74) is 5.96. The van der Waals surface area contributed by atoms with Crippen molar-refractivity contribution in [2.24, 2.45) is 11.7 Å². The molecule has 33 heavy (non-hydrogen) atoms. The molecule has 7 nitrogen and oxygen atoms in total. The highest BCUT2D eigenvalue weighted by atomic mass is 19.4. The van der Waals surface area contributed by atoms with Crippen LogP contribution in [0.3, 0.4) is 0 Å². The summed E-state index contributed by atoms with van der Waals surface area (Å²) in [6, 6.07) is 5.02. The summed E-state index contributed by atoms with van der Waals surface area (Å²) in [5.74, 6) is -0.0736. The van der Waals surface area contributed by atoms with E-state index in [1.54, 1.807) is 13.0 Å². The molecule has 1 aromatic rings. The lowest BCUT2D eigenvalue weighted by Gasteiger charge is -2.28. The molecule has 0 saturated carbocycles. The van der Waals surface area contributed by atoms with Crippen molar-refractivity contribution < 1.29 is 22.8 Å². The van der Waals surface area contributed by atoms with E-state index in [0.717, 1.165) is 18.4 Å². The number of likely N-dealkylation sites (tertiary alicyclic amines) is 2.